The Bertz CT molecular complexity index is 1370. The molecule has 2 N–H and O–H groups in total. The first-order valence-electron chi connectivity index (χ1n) is 11.8. The number of anilines is 3. The van der Waals surface area contributed by atoms with Crippen molar-refractivity contribution in [3.8, 4) is 11.6 Å². The number of hydrogen-bond donors (Lipinski definition) is 2. The van der Waals surface area contributed by atoms with Crippen LogP contribution in [-0.2, 0) is 6.42 Å². The van der Waals surface area contributed by atoms with E-state index in [2.05, 4.69) is 44.2 Å². The largest absolute Gasteiger partial charge is 0.446 e. The van der Waals surface area contributed by atoms with Crippen LogP contribution >= 0.6 is 0 Å². The molecule has 2 heterocycles. The highest BCUT2D eigenvalue weighted by molar-refractivity contribution is 5.76. The second-order valence-corrected chi connectivity index (χ2v) is 9.26. The van der Waals surface area contributed by atoms with E-state index >= 15 is 4.39 Å². The molecule has 0 amide bonds. The second kappa shape index (κ2) is 9.55. The quantitative estimate of drug-likeness (QED) is 0.430. The van der Waals surface area contributed by atoms with Gasteiger partial charge in [-0.1, -0.05) is 11.6 Å². The van der Waals surface area contributed by atoms with Gasteiger partial charge in [-0.3, -0.25) is 0 Å². The lowest BCUT2D eigenvalue weighted by atomic mass is 10.1. The van der Waals surface area contributed by atoms with Crippen molar-refractivity contribution in [2.75, 3.05) is 23.3 Å². The van der Waals surface area contributed by atoms with Gasteiger partial charge >= 0.3 is 0 Å². The zero-order valence-electron chi connectivity index (χ0n) is 20.3. The molecule has 1 aliphatic carbocycles. The van der Waals surface area contributed by atoms with E-state index in [4.69, 9.17) is 11.3 Å². The maximum absolute atomic E-state index is 15.1. The van der Waals surface area contributed by atoms with Gasteiger partial charge in [0, 0.05) is 53.7 Å². The normalized spacial score (nSPS) is 18.9. The summed E-state index contributed by atoms with van der Waals surface area (Å²) in [5, 5.41) is 6.55. The van der Waals surface area contributed by atoms with Crippen molar-refractivity contribution < 1.29 is 13.5 Å². The van der Waals surface area contributed by atoms with Crippen LogP contribution in [0.2, 0.25) is 0 Å². The zero-order valence-corrected chi connectivity index (χ0v) is 20.3. The van der Waals surface area contributed by atoms with E-state index in [1.807, 2.05) is 31.2 Å². The third kappa shape index (κ3) is 4.36. The summed E-state index contributed by atoms with van der Waals surface area (Å²) >= 11 is 0. The zero-order chi connectivity index (χ0) is 25.4. The second-order valence-electron chi connectivity index (χ2n) is 9.26. The SMILES string of the molecule is [C-]#[N+]c1c(Nc2ccc(N3[C@H](C)CNC[C@@H]3C)cc2)ncnc1Oc1cc(F)c2c(c1F)C=C(C)C2. The number of ether oxygens (including phenoxy) is 1. The number of hydrogen-bond acceptors (Lipinski definition) is 6. The minimum Gasteiger partial charge on any atom is -0.446 e. The van der Waals surface area contributed by atoms with E-state index in [0.717, 1.165) is 36.1 Å². The molecule has 3 aromatic rings. The van der Waals surface area contributed by atoms with Crippen molar-refractivity contribution in [1.82, 2.24) is 15.3 Å². The molecular weight excluding hydrogens is 462 g/mol. The van der Waals surface area contributed by atoms with Crippen molar-refractivity contribution in [3.05, 3.63) is 76.4 Å². The van der Waals surface area contributed by atoms with E-state index in [1.165, 1.54) is 6.33 Å². The van der Waals surface area contributed by atoms with E-state index in [-0.39, 0.29) is 28.7 Å². The van der Waals surface area contributed by atoms with E-state index in [1.54, 1.807) is 6.08 Å². The number of allylic oxidation sites excluding steroid dienone is 1. The van der Waals surface area contributed by atoms with Crippen LogP contribution in [0.1, 0.15) is 31.9 Å². The molecule has 0 spiro atoms. The van der Waals surface area contributed by atoms with Gasteiger partial charge in [0.15, 0.2) is 11.6 Å². The molecule has 1 aromatic heterocycles. The number of nitrogens with zero attached hydrogens (tertiary/aromatic N) is 4. The highest BCUT2D eigenvalue weighted by Crippen LogP contribution is 2.40. The predicted octanol–water partition coefficient (Wildman–Crippen LogP) is 5.99. The van der Waals surface area contributed by atoms with Gasteiger partial charge in [-0.25, -0.2) is 23.6 Å². The van der Waals surface area contributed by atoms with Crippen LogP contribution < -0.4 is 20.3 Å². The lowest BCUT2D eigenvalue weighted by Gasteiger charge is -2.41. The Hall–Kier alpha value is -4.03. The Balaban J connectivity index is 1.40. The standard InChI is InChI=1S/C27H26F2N6O/c1-15-9-20-21(10-15)24(29)23(11-22(20)28)36-27-25(30-4)26(32-14-33-27)34-18-5-7-19(8-6-18)35-16(2)12-31-13-17(35)3/h5-8,10-11,14,16-17,31H,9,12-13H2,1-3H3,(H,32,33,34)/t16-,17+. The minimum atomic E-state index is -0.681. The first-order chi connectivity index (χ1) is 17.4. The van der Waals surface area contributed by atoms with Crippen LogP contribution in [0.4, 0.5) is 31.7 Å². The summed E-state index contributed by atoms with van der Waals surface area (Å²) in [5.41, 5.74) is 3.14. The molecule has 2 aliphatic rings. The fourth-order valence-corrected chi connectivity index (χ4v) is 4.87. The molecule has 9 heteroatoms. The van der Waals surface area contributed by atoms with Crippen molar-refractivity contribution in [2.45, 2.75) is 39.3 Å². The lowest BCUT2D eigenvalue weighted by Crippen LogP contribution is -2.55. The highest BCUT2D eigenvalue weighted by atomic mass is 19.1. The summed E-state index contributed by atoms with van der Waals surface area (Å²) in [5.74, 6) is -1.50. The topological polar surface area (TPSA) is 66.7 Å². The Morgan fingerprint density at radius 2 is 1.86 bits per heavy atom. The number of benzene rings is 2. The fraction of sp³-hybridized carbons (Fsp3) is 0.296. The maximum Gasteiger partial charge on any atom is 0.288 e. The van der Waals surface area contributed by atoms with Crippen LogP contribution in [-0.4, -0.2) is 35.1 Å². The number of halogens is 2. The molecule has 1 saturated heterocycles. The molecule has 7 nitrogen and oxygen atoms in total. The Morgan fingerprint density at radius 1 is 1.14 bits per heavy atom. The highest BCUT2D eigenvalue weighted by Gasteiger charge is 2.26. The molecule has 1 fully saturated rings. The molecule has 0 unspecified atom stereocenters. The average Bonchev–Trinajstić information content (AvgIpc) is 3.26. The van der Waals surface area contributed by atoms with Crippen LogP contribution in [0.5, 0.6) is 11.6 Å². The van der Waals surface area contributed by atoms with Crippen LogP contribution in [0.25, 0.3) is 10.9 Å². The summed E-state index contributed by atoms with van der Waals surface area (Å²) in [6.07, 6.45) is 3.18. The van der Waals surface area contributed by atoms with Crippen molar-refractivity contribution in [3.63, 3.8) is 0 Å². The number of aromatic nitrogens is 2. The third-order valence-electron chi connectivity index (χ3n) is 6.53. The first-order valence-corrected chi connectivity index (χ1v) is 11.8. The molecule has 0 radical (unpaired) electrons. The van der Waals surface area contributed by atoms with Gasteiger partial charge in [0.05, 0.1) is 6.57 Å². The summed E-state index contributed by atoms with van der Waals surface area (Å²) in [6, 6.07) is 9.61. The summed E-state index contributed by atoms with van der Waals surface area (Å²) < 4.78 is 35.3. The molecule has 5 rings (SSSR count). The Labute approximate surface area is 208 Å². The van der Waals surface area contributed by atoms with Gasteiger partial charge in [0.1, 0.15) is 18.0 Å². The third-order valence-corrected chi connectivity index (χ3v) is 6.53. The summed E-state index contributed by atoms with van der Waals surface area (Å²) in [7, 11) is 0. The Kier molecular flexibility index (Phi) is 6.29. The van der Waals surface area contributed by atoms with Crippen molar-refractivity contribution in [1.29, 1.82) is 0 Å². The van der Waals surface area contributed by atoms with Gasteiger partial charge in [0.25, 0.3) is 5.69 Å². The average molecular weight is 489 g/mol. The van der Waals surface area contributed by atoms with Crippen molar-refractivity contribution >= 4 is 29.0 Å². The van der Waals surface area contributed by atoms with Crippen LogP contribution in [0, 0.1) is 18.2 Å². The van der Waals surface area contributed by atoms with E-state index in [0.29, 0.717) is 24.1 Å². The first kappa shape index (κ1) is 23.7. The van der Waals surface area contributed by atoms with Crippen LogP contribution in [0.15, 0.2) is 42.2 Å². The van der Waals surface area contributed by atoms with E-state index < -0.39 is 11.6 Å². The fourth-order valence-electron chi connectivity index (χ4n) is 4.87. The molecule has 2 atom stereocenters. The molecule has 2 aromatic carbocycles. The van der Waals surface area contributed by atoms with E-state index in [9.17, 15) is 4.39 Å². The summed E-state index contributed by atoms with van der Waals surface area (Å²) in [4.78, 5) is 14.1. The molecule has 36 heavy (non-hydrogen) atoms. The molecule has 1 aliphatic heterocycles. The molecule has 0 saturated carbocycles. The summed E-state index contributed by atoms with van der Waals surface area (Å²) in [6.45, 7) is 15.7. The smallest absolute Gasteiger partial charge is 0.288 e. The van der Waals surface area contributed by atoms with Crippen LogP contribution in [0.3, 0.4) is 0 Å². The molecular formula is C27H26F2N6O. The molecule has 184 valence electrons. The number of rotatable bonds is 5. The monoisotopic (exact) mass is 488 g/mol. The van der Waals surface area contributed by atoms with Gasteiger partial charge in [0.2, 0.25) is 5.88 Å². The van der Waals surface area contributed by atoms with Gasteiger partial charge < -0.3 is 20.3 Å². The minimum absolute atomic E-state index is 0.0297. The maximum atomic E-state index is 15.1. The molecule has 0 bridgehead atoms. The van der Waals surface area contributed by atoms with Gasteiger partial charge in [-0.05, 0) is 51.5 Å². The predicted molar refractivity (Wildman–Crippen MR) is 136 cm³/mol. The van der Waals surface area contributed by atoms with Gasteiger partial charge in [-0.2, -0.15) is 0 Å². The Morgan fingerprint density at radius 3 is 2.56 bits per heavy atom. The lowest BCUT2D eigenvalue weighted by molar-refractivity contribution is 0.422. The van der Waals surface area contributed by atoms with Gasteiger partial charge in [-0.15, -0.1) is 0 Å². The number of nitrogens with one attached hydrogen (secondary N) is 2. The van der Waals surface area contributed by atoms with Crippen molar-refractivity contribution in [2.24, 2.45) is 0 Å². The number of piperazine rings is 1. The number of fused-ring (bicyclic) bond motifs is 1.